The summed E-state index contributed by atoms with van der Waals surface area (Å²) in [7, 11) is 0. The van der Waals surface area contributed by atoms with Gasteiger partial charge in [0.2, 0.25) is 5.95 Å². The molecule has 2 aromatic carbocycles. The van der Waals surface area contributed by atoms with Crippen molar-refractivity contribution in [3.05, 3.63) is 71.4 Å². The molecule has 0 aliphatic carbocycles. The summed E-state index contributed by atoms with van der Waals surface area (Å²) in [6.45, 7) is 0. The van der Waals surface area contributed by atoms with E-state index >= 15 is 0 Å². The molecule has 0 saturated heterocycles. The van der Waals surface area contributed by atoms with E-state index in [0.29, 0.717) is 0 Å². The third-order valence-corrected chi connectivity index (χ3v) is 3.82. The number of benzene rings is 2. The molecule has 1 aromatic heterocycles. The minimum atomic E-state index is -1.31. The molecule has 0 atom stereocenters. The zero-order valence-electron chi connectivity index (χ0n) is 14.7. The summed E-state index contributed by atoms with van der Waals surface area (Å²) in [4.78, 5) is 42.0. The van der Waals surface area contributed by atoms with Crippen LogP contribution in [-0.4, -0.2) is 43.2 Å². The van der Waals surface area contributed by atoms with Crippen LogP contribution in [-0.2, 0) is 0 Å². The first-order chi connectivity index (χ1) is 13.8. The number of nitrogens with zero attached hydrogens (tertiary/aromatic N) is 2. The van der Waals surface area contributed by atoms with Crippen molar-refractivity contribution >= 4 is 41.0 Å². The van der Waals surface area contributed by atoms with Gasteiger partial charge in [-0.3, -0.25) is 0 Å². The number of carboxylic acid groups (broad SMARTS) is 3. The maximum absolute atomic E-state index is 11.5. The Hall–Kier alpha value is -4.47. The van der Waals surface area contributed by atoms with Gasteiger partial charge in [-0.25, -0.2) is 19.4 Å². The molecule has 3 rings (SSSR count). The molecule has 0 spiro atoms. The predicted molar refractivity (Wildman–Crippen MR) is 102 cm³/mol. The molecule has 29 heavy (non-hydrogen) atoms. The van der Waals surface area contributed by atoms with Crippen LogP contribution in [0.25, 0.3) is 0 Å². The highest BCUT2D eigenvalue weighted by Gasteiger charge is 2.15. The van der Waals surface area contributed by atoms with Crippen LogP contribution in [0.1, 0.15) is 31.1 Å². The number of hydrogen-bond acceptors (Lipinski definition) is 7. The molecule has 0 aliphatic heterocycles. The minimum Gasteiger partial charge on any atom is -0.478 e. The second-order valence-corrected chi connectivity index (χ2v) is 5.74. The lowest BCUT2D eigenvalue weighted by molar-refractivity contribution is 0.0683. The van der Waals surface area contributed by atoms with E-state index in [1.165, 1.54) is 30.5 Å². The lowest BCUT2D eigenvalue weighted by Gasteiger charge is -2.12. The fraction of sp³-hybridized carbons (Fsp3) is 0. The summed E-state index contributed by atoms with van der Waals surface area (Å²) in [5, 5.41) is 33.2. The Balaban J connectivity index is 1.89. The Morgan fingerprint density at radius 3 is 2.14 bits per heavy atom. The number of anilines is 4. The van der Waals surface area contributed by atoms with Crippen molar-refractivity contribution < 1.29 is 29.7 Å². The van der Waals surface area contributed by atoms with Gasteiger partial charge in [0.15, 0.2) is 0 Å². The molecular formula is C19H14N4O6. The van der Waals surface area contributed by atoms with Crippen LogP contribution in [0.15, 0.2) is 54.7 Å². The van der Waals surface area contributed by atoms with Gasteiger partial charge in [0.25, 0.3) is 0 Å². The molecule has 1 heterocycles. The first kappa shape index (κ1) is 19.3. The fourth-order valence-electron chi connectivity index (χ4n) is 2.49. The van der Waals surface area contributed by atoms with Crippen molar-refractivity contribution in [2.24, 2.45) is 0 Å². The number of aromatic nitrogens is 2. The van der Waals surface area contributed by atoms with E-state index < -0.39 is 17.9 Å². The molecule has 10 nitrogen and oxygen atoms in total. The zero-order chi connectivity index (χ0) is 21.0. The van der Waals surface area contributed by atoms with Crippen molar-refractivity contribution in [2.75, 3.05) is 10.6 Å². The van der Waals surface area contributed by atoms with E-state index in [4.69, 9.17) is 5.11 Å². The van der Waals surface area contributed by atoms with Crippen LogP contribution in [0, 0.1) is 0 Å². The van der Waals surface area contributed by atoms with Crippen LogP contribution >= 0.6 is 0 Å². The number of carboxylic acids is 3. The number of rotatable bonds is 7. The van der Waals surface area contributed by atoms with Gasteiger partial charge in [-0.2, -0.15) is 4.98 Å². The first-order valence-corrected chi connectivity index (χ1v) is 8.15. The van der Waals surface area contributed by atoms with Crippen LogP contribution < -0.4 is 10.6 Å². The van der Waals surface area contributed by atoms with Gasteiger partial charge in [0, 0.05) is 6.20 Å². The van der Waals surface area contributed by atoms with Crippen molar-refractivity contribution in [1.82, 2.24) is 9.97 Å². The van der Waals surface area contributed by atoms with Crippen molar-refractivity contribution in [3.8, 4) is 0 Å². The van der Waals surface area contributed by atoms with Crippen LogP contribution in [0.4, 0.5) is 23.1 Å². The topological polar surface area (TPSA) is 162 Å². The van der Waals surface area contributed by atoms with E-state index in [9.17, 15) is 24.6 Å². The predicted octanol–water partition coefficient (Wildman–Crippen LogP) is 3.06. The SMILES string of the molecule is O=C(O)c1ccc(Nc2ccnc(Nc3ccccc3C(=O)O)n2)c(C(=O)O)c1. The lowest BCUT2D eigenvalue weighted by atomic mass is 10.1. The molecular weight excluding hydrogens is 380 g/mol. The Morgan fingerprint density at radius 2 is 1.45 bits per heavy atom. The highest BCUT2D eigenvalue weighted by Crippen LogP contribution is 2.23. The van der Waals surface area contributed by atoms with E-state index in [1.54, 1.807) is 18.2 Å². The number of hydrogen-bond donors (Lipinski definition) is 5. The standard InChI is InChI=1S/C19H14N4O6/c24-16(25)10-5-6-14(12(9-10)18(28)29)21-15-7-8-20-19(23-15)22-13-4-2-1-3-11(13)17(26)27/h1-9H,(H,24,25)(H,26,27)(H,28,29)(H2,20,21,22,23). The molecule has 3 aromatic rings. The Morgan fingerprint density at radius 1 is 0.759 bits per heavy atom. The summed E-state index contributed by atoms with van der Waals surface area (Å²) in [5.74, 6) is -3.36. The third kappa shape index (κ3) is 4.45. The molecule has 0 unspecified atom stereocenters. The monoisotopic (exact) mass is 394 g/mol. The van der Waals surface area contributed by atoms with Gasteiger partial charge in [0.05, 0.1) is 28.1 Å². The number of aromatic carboxylic acids is 3. The number of nitrogens with one attached hydrogen (secondary N) is 2. The second kappa shape index (κ2) is 8.05. The number of para-hydroxylation sites is 1. The van der Waals surface area contributed by atoms with Crippen LogP contribution in [0.2, 0.25) is 0 Å². The average molecular weight is 394 g/mol. The third-order valence-electron chi connectivity index (χ3n) is 3.82. The van der Waals surface area contributed by atoms with E-state index in [2.05, 4.69) is 20.6 Å². The quantitative estimate of drug-likeness (QED) is 0.402. The van der Waals surface area contributed by atoms with Crippen LogP contribution in [0.5, 0.6) is 0 Å². The van der Waals surface area contributed by atoms with Crippen molar-refractivity contribution in [2.45, 2.75) is 0 Å². The normalized spacial score (nSPS) is 10.2. The summed E-state index contributed by atoms with van der Waals surface area (Å²) in [5.41, 5.74) is 0.0525. The van der Waals surface area contributed by atoms with Gasteiger partial charge in [-0.05, 0) is 36.4 Å². The summed E-state index contributed by atoms with van der Waals surface area (Å²) < 4.78 is 0. The van der Waals surface area contributed by atoms with E-state index in [0.717, 1.165) is 6.07 Å². The highest BCUT2D eigenvalue weighted by atomic mass is 16.4. The second-order valence-electron chi connectivity index (χ2n) is 5.74. The summed E-state index contributed by atoms with van der Waals surface area (Å²) >= 11 is 0. The summed E-state index contributed by atoms with van der Waals surface area (Å²) in [6, 6.07) is 11.3. The van der Waals surface area contributed by atoms with E-state index in [-0.39, 0.29) is 39.8 Å². The highest BCUT2D eigenvalue weighted by molar-refractivity contribution is 5.99. The van der Waals surface area contributed by atoms with Crippen molar-refractivity contribution in [1.29, 1.82) is 0 Å². The smallest absolute Gasteiger partial charge is 0.337 e. The Kier molecular flexibility index (Phi) is 5.35. The summed E-state index contributed by atoms with van der Waals surface area (Å²) in [6.07, 6.45) is 1.40. The first-order valence-electron chi connectivity index (χ1n) is 8.15. The van der Waals surface area contributed by atoms with Gasteiger partial charge in [-0.1, -0.05) is 12.1 Å². The Bertz CT molecular complexity index is 1120. The largest absolute Gasteiger partial charge is 0.478 e. The molecule has 0 amide bonds. The van der Waals surface area contributed by atoms with Gasteiger partial charge in [-0.15, -0.1) is 0 Å². The maximum Gasteiger partial charge on any atom is 0.337 e. The maximum atomic E-state index is 11.5. The fourth-order valence-corrected chi connectivity index (χ4v) is 2.49. The zero-order valence-corrected chi connectivity index (χ0v) is 14.7. The van der Waals surface area contributed by atoms with Gasteiger partial charge < -0.3 is 26.0 Å². The van der Waals surface area contributed by atoms with Gasteiger partial charge in [0.1, 0.15) is 5.82 Å². The van der Waals surface area contributed by atoms with Gasteiger partial charge >= 0.3 is 17.9 Å². The average Bonchev–Trinajstić information content (AvgIpc) is 2.68. The van der Waals surface area contributed by atoms with E-state index in [1.807, 2.05) is 0 Å². The molecule has 5 N–H and O–H groups in total. The molecule has 0 radical (unpaired) electrons. The lowest BCUT2D eigenvalue weighted by Crippen LogP contribution is -2.08. The molecule has 0 aliphatic rings. The Labute approximate surface area is 163 Å². The molecule has 0 bridgehead atoms. The van der Waals surface area contributed by atoms with Crippen molar-refractivity contribution in [3.63, 3.8) is 0 Å². The minimum absolute atomic E-state index is 0.0342. The number of carbonyl (C=O) groups is 3. The molecule has 0 saturated carbocycles. The van der Waals surface area contributed by atoms with Crippen LogP contribution in [0.3, 0.4) is 0 Å². The molecule has 0 fully saturated rings. The molecule has 10 heteroatoms. The molecule has 146 valence electrons.